The summed E-state index contributed by atoms with van der Waals surface area (Å²) in [6.45, 7) is 1.10. The van der Waals surface area contributed by atoms with E-state index in [1.54, 1.807) is 0 Å². The van der Waals surface area contributed by atoms with Gasteiger partial charge in [0.15, 0.2) is 0 Å². The molecule has 0 atom stereocenters. The molecule has 21 heavy (non-hydrogen) atoms. The van der Waals surface area contributed by atoms with E-state index < -0.39 is 5.97 Å². The maximum Gasteiger partial charge on any atom is 0.303 e. The molecule has 3 nitrogen and oxygen atoms in total. The summed E-state index contributed by atoms with van der Waals surface area (Å²) in [4.78, 5) is 10.3. The van der Waals surface area contributed by atoms with Crippen LogP contribution in [0.5, 0.6) is 0 Å². The lowest BCUT2D eigenvalue weighted by Crippen LogP contribution is -2.50. The van der Waals surface area contributed by atoms with Crippen LogP contribution >= 0.6 is 0 Å². The van der Waals surface area contributed by atoms with Gasteiger partial charge in [-0.25, -0.2) is 0 Å². The zero-order chi connectivity index (χ0) is 15.6. The van der Waals surface area contributed by atoms with Crippen LogP contribution in [0.1, 0.15) is 103 Å². The summed E-state index contributed by atoms with van der Waals surface area (Å²) in [5.41, 5.74) is 3.87. The topological polar surface area (TPSA) is 64.9 Å². The molecule has 0 aliphatic heterocycles. The second-order valence-corrected chi connectivity index (χ2v) is 6.30. The lowest BCUT2D eigenvalue weighted by atomic mass is 10.0. The third-order valence-electron chi connectivity index (χ3n) is 4.14. The molecule has 0 aliphatic rings. The number of hydrogen-bond donors (Lipinski definition) is 2. The molecule has 0 radical (unpaired) electrons. The van der Waals surface area contributed by atoms with Crippen LogP contribution < -0.4 is 5.73 Å². The molecule has 0 saturated carbocycles. The van der Waals surface area contributed by atoms with Crippen LogP contribution in [0.2, 0.25) is 0 Å². The molecule has 0 aromatic rings. The van der Waals surface area contributed by atoms with Crippen molar-refractivity contribution < 1.29 is 15.6 Å². The molecule has 0 unspecified atom stereocenters. The summed E-state index contributed by atoms with van der Waals surface area (Å²) in [6, 6.07) is 0. The van der Waals surface area contributed by atoms with Crippen molar-refractivity contribution in [3.8, 4) is 0 Å². The molecule has 0 aliphatic carbocycles. The van der Waals surface area contributed by atoms with Gasteiger partial charge in [-0.1, -0.05) is 77.0 Å². The highest BCUT2D eigenvalue weighted by Gasteiger charge is 1.97. The van der Waals surface area contributed by atoms with Gasteiger partial charge in [-0.05, 0) is 19.3 Å². The first-order chi connectivity index (χ1) is 10.3. The number of carboxylic acid groups (broad SMARTS) is 1. The van der Waals surface area contributed by atoms with Crippen LogP contribution in [0.3, 0.4) is 0 Å². The third-order valence-corrected chi connectivity index (χ3v) is 4.14. The number of carboxylic acids is 1. The van der Waals surface area contributed by atoms with Gasteiger partial charge in [-0.3, -0.25) is 4.79 Å². The molecule has 0 amide bonds. The van der Waals surface area contributed by atoms with Crippen LogP contribution in [0.25, 0.3) is 0 Å². The Labute approximate surface area is 131 Å². The number of hydrogen-bond acceptors (Lipinski definition) is 1. The minimum absolute atomic E-state index is 0.343. The Balaban J connectivity index is 2.95. The summed E-state index contributed by atoms with van der Waals surface area (Å²) >= 11 is 0. The molecule has 0 saturated heterocycles. The minimum Gasteiger partial charge on any atom is -0.481 e. The fraction of sp³-hybridized carbons (Fsp3) is 0.944. The van der Waals surface area contributed by atoms with Crippen molar-refractivity contribution in [2.75, 3.05) is 6.54 Å². The van der Waals surface area contributed by atoms with E-state index in [-0.39, 0.29) is 0 Å². The lowest BCUT2D eigenvalue weighted by Gasteiger charge is -2.03. The van der Waals surface area contributed by atoms with Gasteiger partial charge in [0, 0.05) is 6.42 Å². The average molecular weight is 301 g/mol. The van der Waals surface area contributed by atoms with Gasteiger partial charge >= 0.3 is 5.97 Å². The molecular formula is C18H38NO2+. The van der Waals surface area contributed by atoms with E-state index in [0.717, 1.165) is 19.4 Å². The Bertz CT molecular complexity index is 219. The molecule has 0 heterocycles. The van der Waals surface area contributed by atoms with E-state index in [2.05, 4.69) is 5.73 Å². The van der Waals surface area contributed by atoms with E-state index in [4.69, 9.17) is 5.11 Å². The first-order valence-corrected chi connectivity index (χ1v) is 9.28. The van der Waals surface area contributed by atoms with Crippen LogP contribution in [-0.4, -0.2) is 17.6 Å². The summed E-state index contributed by atoms with van der Waals surface area (Å²) in [7, 11) is 0. The molecule has 0 rings (SSSR count). The van der Waals surface area contributed by atoms with E-state index in [1.807, 2.05) is 0 Å². The second kappa shape index (κ2) is 17.5. The largest absolute Gasteiger partial charge is 0.481 e. The fourth-order valence-corrected chi connectivity index (χ4v) is 2.75. The Morgan fingerprint density at radius 2 is 0.857 bits per heavy atom. The van der Waals surface area contributed by atoms with Crippen LogP contribution in [0, 0.1) is 0 Å². The molecule has 3 heteroatoms. The van der Waals surface area contributed by atoms with Gasteiger partial charge in [-0.15, -0.1) is 0 Å². The Morgan fingerprint density at radius 1 is 0.571 bits per heavy atom. The number of carbonyl (C=O) groups is 1. The number of quaternary nitrogens is 1. The monoisotopic (exact) mass is 300 g/mol. The van der Waals surface area contributed by atoms with Crippen molar-refractivity contribution in [2.24, 2.45) is 0 Å². The molecule has 0 bridgehead atoms. The van der Waals surface area contributed by atoms with Gasteiger partial charge < -0.3 is 10.8 Å². The summed E-state index contributed by atoms with van der Waals surface area (Å²) in [5, 5.41) is 8.53. The average Bonchev–Trinajstić information content (AvgIpc) is 2.46. The first-order valence-electron chi connectivity index (χ1n) is 9.28. The predicted octanol–water partition coefficient (Wildman–Crippen LogP) is 4.55. The normalized spacial score (nSPS) is 10.9. The molecule has 0 spiro atoms. The fourth-order valence-electron chi connectivity index (χ4n) is 2.75. The predicted molar refractivity (Wildman–Crippen MR) is 89.3 cm³/mol. The van der Waals surface area contributed by atoms with Crippen LogP contribution in [-0.2, 0) is 4.79 Å². The number of unbranched alkanes of at least 4 members (excludes halogenated alkanes) is 14. The zero-order valence-corrected chi connectivity index (χ0v) is 14.1. The zero-order valence-electron chi connectivity index (χ0n) is 14.1. The Kier molecular flexibility index (Phi) is 17.0. The van der Waals surface area contributed by atoms with E-state index in [1.165, 1.54) is 83.5 Å². The first kappa shape index (κ1) is 20.4. The summed E-state index contributed by atoms with van der Waals surface area (Å²) in [6.07, 6.45) is 20.0. The van der Waals surface area contributed by atoms with E-state index >= 15 is 0 Å². The molecular weight excluding hydrogens is 262 g/mol. The van der Waals surface area contributed by atoms with Gasteiger partial charge in [0.1, 0.15) is 0 Å². The Morgan fingerprint density at radius 3 is 1.14 bits per heavy atom. The quantitative estimate of drug-likeness (QED) is 0.387. The summed E-state index contributed by atoms with van der Waals surface area (Å²) in [5.74, 6) is -0.655. The Hall–Kier alpha value is -0.570. The van der Waals surface area contributed by atoms with Crippen molar-refractivity contribution in [1.29, 1.82) is 0 Å². The maximum atomic E-state index is 10.3. The van der Waals surface area contributed by atoms with Crippen molar-refractivity contribution in [3.05, 3.63) is 0 Å². The highest BCUT2D eigenvalue weighted by atomic mass is 16.4. The van der Waals surface area contributed by atoms with Gasteiger partial charge in [0.2, 0.25) is 0 Å². The van der Waals surface area contributed by atoms with Crippen molar-refractivity contribution >= 4 is 5.97 Å². The third kappa shape index (κ3) is 19.4. The highest BCUT2D eigenvalue weighted by Crippen LogP contribution is 2.13. The number of rotatable bonds is 17. The molecule has 0 fully saturated rings. The SMILES string of the molecule is [NH3+]CCCCCCCCCCCCCCCCCC(=O)O. The van der Waals surface area contributed by atoms with E-state index in [9.17, 15) is 4.79 Å². The van der Waals surface area contributed by atoms with E-state index in [0.29, 0.717) is 6.42 Å². The van der Waals surface area contributed by atoms with Crippen molar-refractivity contribution in [2.45, 2.75) is 103 Å². The molecule has 0 aromatic carbocycles. The van der Waals surface area contributed by atoms with Crippen LogP contribution in [0.4, 0.5) is 0 Å². The maximum absolute atomic E-state index is 10.3. The molecule has 126 valence electrons. The summed E-state index contributed by atoms with van der Waals surface area (Å²) < 4.78 is 0. The van der Waals surface area contributed by atoms with Crippen LogP contribution in [0.15, 0.2) is 0 Å². The molecule has 0 aromatic heterocycles. The number of aliphatic carboxylic acids is 1. The van der Waals surface area contributed by atoms with Crippen molar-refractivity contribution in [1.82, 2.24) is 0 Å². The lowest BCUT2D eigenvalue weighted by molar-refractivity contribution is -0.368. The smallest absolute Gasteiger partial charge is 0.303 e. The van der Waals surface area contributed by atoms with Gasteiger partial charge in [0.25, 0.3) is 0 Å². The van der Waals surface area contributed by atoms with Gasteiger partial charge in [0.05, 0.1) is 6.54 Å². The molecule has 4 N–H and O–H groups in total. The standard InChI is InChI=1S/C18H37NO2/c19-17-15-13-11-9-7-5-3-1-2-4-6-8-10-12-14-16-18(20)21/h1-17,19H2,(H,20,21)/p+1. The second-order valence-electron chi connectivity index (χ2n) is 6.30. The minimum atomic E-state index is -0.655. The van der Waals surface area contributed by atoms with Gasteiger partial charge in [-0.2, -0.15) is 0 Å². The highest BCUT2D eigenvalue weighted by molar-refractivity contribution is 5.66. The van der Waals surface area contributed by atoms with Crippen molar-refractivity contribution in [3.63, 3.8) is 0 Å².